The van der Waals surface area contributed by atoms with Crippen molar-refractivity contribution in [3.63, 3.8) is 0 Å². The lowest BCUT2D eigenvalue weighted by atomic mass is 10.0. The first-order valence-electron chi connectivity index (χ1n) is 8.75. The second-order valence-corrected chi connectivity index (χ2v) is 10.2. The molecule has 2 aromatic carbocycles. The van der Waals surface area contributed by atoms with Crippen molar-refractivity contribution < 1.29 is 25.6 Å². The minimum absolute atomic E-state index is 0.0386. The first-order valence-corrected chi connectivity index (χ1v) is 11.8. The number of nitrogens with one attached hydrogen (secondary N) is 1. The SMILES string of the molecule is CCCS(=O)(=O)N1CCCc2cc(NS(=O)(=O)c3ccc(F)c(F)c3)ccc21. The monoisotopic (exact) mass is 430 g/mol. The van der Waals surface area contributed by atoms with Gasteiger partial charge in [0.05, 0.1) is 16.3 Å². The van der Waals surface area contributed by atoms with Crippen LogP contribution in [-0.2, 0) is 26.5 Å². The summed E-state index contributed by atoms with van der Waals surface area (Å²) in [5, 5.41) is 0. The maximum Gasteiger partial charge on any atom is 0.261 e. The number of aryl methyl sites for hydroxylation is 1. The number of anilines is 2. The summed E-state index contributed by atoms with van der Waals surface area (Å²) in [6.45, 7) is 2.17. The summed E-state index contributed by atoms with van der Waals surface area (Å²) in [4.78, 5) is -0.406. The Kier molecular flexibility index (Phi) is 5.62. The summed E-state index contributed by atoms with van der Waals surface area (Å²) in [5.74, 6) is -2.36. The standard InChI is InChI=1S/C18H20F2N2O4S2/c1-2-10-27(23,24)22-9-3-4-13-11-14(5-8-18(13)22)21-28(25,26)15-6-7-16(19)17(20)12-15/h5-8,11-12,21H,2-4,9-10H2,1H3. The zero-order valence-electron chi connectivity index (χ0n) is 15.2. The summed E-state index contributed by atoms with van der Waals surface area (Å²) in [5.41, 5.74) is 1.46. The van der Waals surface area contributed by atoms with Crippen molar-refractivity contribution in [1.82, 2.24) is 0 Å². The average molecular weight is 430 g/mol. The topological polar surface area (TPSA) is 83.6 Å². The van der Waals surface area contributed by atoms with Gasteiger partial charge in [0.2, 0.25) is 10.0 Å². The van der Waals surface area contributed by atoms with Gasteiger partial charge in [-0.1, -0.05) is 6.92 Å². The average Bonchev–Trinajstić information content (AvgIpc) is 2.62. The van der Waals surface area contributed by atoms with E-state index in [1.165, 1.54) is 10.4 Å². The van der Waals surface area contributed by atoms with Gasteiger partial charge >= 0.3 is 0 Å². The second kappa shape index (κ2) is 7.67. The highest BCUT2D eigenvalue weighted by molar-refractivity contribution is 7.93. The quantitative estimate of drug-likeness (QED) is 0.763. The van der Waals surface area contributed by atoms with Gasteiger partial charge in [0, 0.05) is 12.2 Å². The molecule has 6 nitrogen and oxygen atoms in total. The molecule has 1 N–H and O–H groups in total. The Morgan fingerprint density at radius 2 is 1.79 bits per heavy atom. The lowest BCUT2D eigenvalue weighted by Crippen LogP contribution is -2.37. The Morgan fingerprint density at radius 1 is 1.04 bits per heavy atom. The van der Waals surface area contributed by atoms with Crippen molar-refractivity contribution >= 4 is 31.4 Å². The highest BCUT2D eigenvalue weighted by Gasteiger charge is 2.27. The molecule has 3 rings (SSSR count). The third-order valence-electron chi connectivity index (χ3n) is 4.41. The third-order valence-corrected chi connectivity index (χ3v) is 7.76. The van der Waals surface area contributed by atoms with Crippen molar-refractivity contribution in [3.05, 3.63) is 53.6 Å². The lowest BCUT2D eigenvalue weighted by Gasteiger charge is -2.30. The van der Waals surface area contributed by atoms with Crippen molar-refractivity contribution in [2.75, 3.05) is 21.3 Å². The zero-order valence-corrected chi connectivity index (χ0v) is 16.8. The van der Waals surface area contributed by atoms with Crippen LogP contribution in [0.15, 0.2) is 41.3 Å². The van der Waals surface area contributed by atoms with Crippen LogP contribution in [0.5, 0.6) is 0 Å². The molecular weight excluding hydrogens is 410 g/mol. The molecule has 1 aliphatic heterocycles. The molecule has 0 atom stereocenters. The summed E-state index contributed by atoms with van der Waals surface area (Å²) in [7, 11) is -7.55. The van der Waals surface area contributed by atoms with Crippen molar-refractivity contribution in [3.8, 4) is 0 Å². The third kappa shape index (κ3) is 4.12. The fourth-order valence-electron chi connectivity index (χ4n) is 3.14. The Labute approximate surface area is 163 Å². The van der Waals surface area contributed by atoms with E-state index in [2.05, 4.69) is 4.72 Å². The number of sulfonamides is 2. The molecule has 1 heterocycles. The van der Waals surface area contributed by atoms with Gasteiger partial charge in [-0.15, -0.1) is 0 Å². The highest BCUT2D eigenvalue weighted by Crippen LogP contribution is 2.32. The molecule has 152 valence electrons. The fourth-order valence-corrected chi connectivity index (χ4v) is 5.82. The van der Waals surface area contributed by atoms with Gasteiger partial charge in [0.25, 0.3) is 10.0 Å². The van der Waals surface area contributed by atoms with E-state index in [1.807, 2.05) is 0 Å². The molecule has 0 fully saturated rings. The Balaban J connectivity index is 1.90. The predicted molar refractivity (Wildman–Crippen MR) is 103 cm³/mol. The molecule has 0 aliphatic carbocycles. The fraction of sp³-hybridized carbons (Fsp3) is 0.333. The number of hydrogen-bond acceptors (Lipinski definition) is 4. The van der Waals surface area contributed by atoms with E-state index in [9.17, 15) is 25.6 Å². The zero-order chi connectivity index (χ0) is 20.5. The van der Waals surface area contributed by atoms with E-state index in [-0.39, 0.29) is 11.4 Å². The maximum atomic E-state index is 13.4. The van der Waals surface area contributed by atoms with Crippen molar-refractivity contribution in [2.24, 2.45) is 0 Å². The van der Waals surface area contributed by atoms with Crippen LogP contribution in [0, 0.1) is 11.6 Å². The first-order chi connectivity index (χ1) is 13.1. The smallest absolute Gasteiger partial charge is 0.261 e. The molecule has 0 spiro atoms. The van der Waals surface area contributed by atoms with Crippen LogP contribution in [0.4, 0.5) is 20.2 Å². The summed E-state index contributed by atoms with van der Waals surface area (Å²) >= 11 is 0. The molecule has 0 bridgehead atoms. The van der Waals surface area contributed by atoms with Gasteiger partial charge in [0.1, 0.15) is 0 Å². The highest BCUT2D eigenvalue weighted by atomic mass is 32.2. The van der Waals surface area contributed by atoms with Crippen LogP contribution < -0.4 is 9.03 Å². The van der Waals surface area contributed by atoms with E-state index in [4.69, 9.17) is 0 Å². The van der Waals surface area contributed by atoms with Gasteiger partial charge in [-0.3, -0.25) is 9.03 Å². The largest absolute Gasteiger partial charge is 0.280 e. The molecule has 0 saturated heterocycles. The van der Waals surface area contributed by atoms with Gasteiger partial charge in [-0.25, -0.2) is 25.6 Å². The van der Waals surface area contributed by atoms with Crippen molar-refractivity contribution in [1.29, 1.82) is 0 Å². The molecule has 0 amide bonds. The van der Waals surface area contributed by atoms with E-state index < -0.39 is 36.6 Å². The van der Waals surface area contributed by atoms with Gasteiger partial charge in [-0.2, -0.15) is 0 Å². The van der Waals surface area contributed by atoms with Crippen LogP contribution in [0.1, 0.15) is 25.3 Å². The predicted octanol–water partition coefficient (Wildman–Crippen LogP) is 3.26. The summed E-state index contributed by atoms with van der Waals surface area (Å²) in [6.07, 6.45) is 1.73. The van der Waals surface area contributed by atoms with Gasteiger partial charge in [0.15, 0.2) is 11.6 Å². The molecule has 0 unspecified atom stereocenters. The number of halogens is 2. The minimum Gasteiger partial charge on any atom is -0.280 e. The van der Waals surface area contributed by atoms with Crippen LogP contribution in [0.2, 0.25) is 0 Å². The van der Waals surface area contributed by atoms with E-state index in [0.717, 1.165) is 12.1 Å². The molecule has 0 saturated carbocycles. The van der Waals surface area contributed by atoms with E-state index in [1.54, 1.807) is 19.1 Å². The van der Waals surface area contributed by atoms with Gasteiger partial charge in [-0.05, 0) is 61.2 Å². The molecular formula is C18H20F2N2O4S2. The minimum atomic E-state index is -4.12. The van der Waals surface area contributed by atoms with Crippen LogP contribution in [0.3, 0.4) is 0 Å². The molecule has 10 heteroatoms. The second-order valence-electron chi connectivity index (χ2n) is 6.52. The number of hydrogen-bond donors (Lipinski definition) is 1. The Morgan fingerprint density at radius 3 is 2.46 bits per heavy atom. The lowest BCUT2D eigenvalue weighted by molar-refractivity contribution is 0.504. The Bertz CT molecular complexity index is 1100. The molecule has 1 aliphatic rings. The van der Waals surface area contributed by atoms with Gasteiger partial charge < -0.3 is 0 Å². The van der Waals surface area contributed by atoms with Crippen LogP contribution >= 0.6 is 0 Å². The normalized spacial score (nSPS) is 14.6. The number of fused-ring (bicyclic) bond motifs is 1. The molecule has 28 heavy (non-hydrogen) atoms. The number of rotatable bonds is 6. The molecule has 0 aromatic heterocycles. The number of benzene rings is 2. The molecule has 2 aromatic rings. The van der Waals surface area contributed by atoms with Crippen LogP contribution in [-0.4, -0.2) is 29.1 Å². The summed E-state index contributed by atoms with van der Waals surface area (Å²) in [6, 6.07) is 6.90. The maximum absolute atomic E-state index is 13.4. The van der Waals surface area contributed by atoms with E-state index >= 15 is 0 Å². The van der Waals surface area contributed by atoms with Crippen LogP contribution in [0.25, 0.3) is 0 Å². The van der Waals surface area contributed by atoms with E-state index in [0.29, 0.717) is 43.1 Å². The Hall–Kier alpha value is -2.20. The summed E-state index contributed by atoms with van der Waals surface area (Å²) < 4.78 is 79.9. The number of nitrogens with zero attached hydrogens (tertiary/aromatic N) is 1. The molecule has 0 radical (unpaired) electrons. The van der Waals surface area contributed by atoms with Crippen molar-refractivity contribution in [2.45, 2.75) is 31.1 Å². The first kappa shape index (κ1) is 20.5.